The summed E-state index contributed by atoms with van der Waals surface area (Å²) in [5.41, 5.74) is 0. The highest BCUT2D eigenvalue weighted by molar-refractivity contribution is 9.11. The number of carbonyl (C=O) groups is 3. The minimum Gasteiger partial charge on any atom is -0.480 e. The minimum atomic E-state index is -1.03. The van der Waals surface area contributed by atoms with Gasteiger partial charge < -0.3 is 15.3 Å². The van der Waals surface area contributed by atoms with E-state index in [0.717, 1.165) is 16.6 Å². The highest BCUT2D eigenvalue weighted by Crippen LogP contribution is 2.32. The lowest BCUT2D eigenvalue weighted by Crippen LogP contribution is -2.47. The summed E-state index contributed by atoms with van der Waals surface area (Å²) < 4.78 is 0.836. The third-order valence-electron chi connectivity index (χ3n) is 3.19. The molecule has 0 bridgehead atoms. The Balaban J connectivity index is 1.89. The minimum absolute atomic E-state index is 0.0145. The molecule has 1 saturated carbocycles. The number of hydrogen-bond acceptors (Lipinski definition) is 4. The normalized spacial score (nSPS) is 15.3. The van der Waals surface area contributed by atoms with E-state index >= 15 is 0 Å². The maximum Gasteiger partial charge on any atom is 0.326 e. The average molecular weight is 375 g/mol. The maximum atomic E-state index is 12.1. The zero-order chi connectivity index (χ0) is 15.6. The molecule has 0 radical (unpaired) electrons. The molecule has 2 N–H and O–H groups in total. The largest absolute Gasteiger partial charge is 0.480 e. The van der Waals surface area contributed by atoms with Gasteiger partial charge in [-0.2, -0.15) is 0 Å². The molecule has 0 aromatic carbocycles. The molecule has 0 aliphatic heterocycles. The number of hydrogen-bond donors (Lipinski definition) is 2. The van der Waals surface area contributed by atoms with Crippen LogP contribution in [0.2, 0.25) is 0 Å². The fourth-order valence-electron chi connectivity index (χ4n) is 1.93. The van der Waals surface area contributed by atoms with Gasteiger partial charge in [-0.1, -0.05) is 0 Å². The first kappa shape index (κ1) is 16.0. The standard InChI is InChI=1S/C13H15BrN2O4S/c1-16(12(18)8-4-5-9(14)21-8)6-10(17)15-11(13(19)20)7-2-3-7/h4-5,7,11H,2-3,6H2,1H3,(H,15,17)(H,19,20). The summed E-state index contributed by atoms with van der Waals surface area (Å²) in [5.74, 6) is -1.73. The van der Waals surface area contributed by atoms with E-state index in [0.29, 0.717) is 4.88 Å². The number of halogens is 1. The average Bonchev–Trinajstić information content (AvgIpc) is 3.16. The first-order valence-corrected chi connectivity index (χ1v) is 8.02. The first-order chi connectivity index (χ1) is 9.88. The Kier molecular flexibility index (Phi) is 5.00. The van der Waals surface area contributed by atoms with Crippen LogP contribution >= 0.6 is 27.3 Å². The fraction of sp³-hybridized carbons (Fsp3) is 0.462. The van der Waals surface area contributed by atoms with Gasteiger partial charge in [0.15, 0.2) is 0 Å². The van der Waals surface area contributed by atoms with Crippen molar-refractivity contribution < 1.29 is 19.5 Å². The molecule has 114 valence electrons. The Morgan fingerprint density at radius 3 is 2.62 bits per heavy atom. The van der Waals surface area contributed by atoms with E-state index in [2.05, 4.69) is 21.2 Å². The highest BCUT2D eigenvalue weighted by atomic mass is 79.9. The maximum absolute atomic E-state index is 12.1. The van der Waals surface area contributed by atoms with Gasteiger partial charge in [-0.25, -0.2) is 4.79 Å². The number of thiophene rings is 1. The van der Waals surface area contributed by atoms with Gasteiger partial charge in [0, 0.05) is 7.05 Å². The van der Waals surface area contributed by atoms with E-state index in [-0.39, 0.29) is 18.4 Å². The topological polar surface area (TPSA) is 86.7 Å². The number of nitrogens with one attached hydrogen (secondary N) is 1. The van der Waals surface area contributed by atoms with Crippen LogP contribution < -0.4 is 5.32 Å². The fourth-order valence-corrected chi connectivity index (χ4v) is 3.32. The molecule has 1 heterocycles. The molecule has 6 nitrogen and oxygen atoms in total. The van der Waals surface area contributed by atoms with Gasteiger partial charge in [0.1, 0.15) is 6.04 Å². The van der Waals surface area contributed by atoms with Crippen molar-refractivity contribution in [3.63, 3.8) is 0 Å². The molecule has 0 spiro atoms. The number of carboxylic acid groups (broad SMARTS) is 1. The number of aliphatic carboxylic acids is 1. The van der Waals surface area contributed by atoms with Crippen molar-refractivity contribution in [3.8, 4) is 0 Å². The molecule has 1 aromatic heterocycles. The van der Waals surface area contributed by atoms with Gasteiger partial charge in [-0.3, -0.25) is 9.59 Å². The molecule has 2 amide bonds. The van der Waals surface area contributed by atoms with E-state index in [1.807, 2.05) is 0 Å². The molecule has 0 saturated heterocycles. The van der Waals surface area contributed by atoms with E-state index in [1.165, 1.54) is 23.3 Å². The summed E-state index contributed by atoms with van der Waals surface area (Å²) in [6.45, 7) is -0.162. The molecule has 1 aliphatic rings. The van der Waals surface area contributed by atoms with Gasteiger partial charge in [0.25, 0.3) is 5.91 Å². The number of rotatable bonds is 6. The van der Waals surface area contributed by atoms with Gasteiger partial charge in [-0.15, -0.1) is 11.3 Å². The predicted molar refractivity (Wildman–Crippen MR) is 81.3 cm³/mol. The van der Waals surface area contributed by atoms with Crippen molar-refractivity contribution in [3.05, 3.63) is 20.8 Å². The molecule has 8 heteroatoms. The molecule has 2 rings (SSSR count). The summed E-state index contributed by atoms with van der Waals surface area (Å²) in [6.07, 6.45) is 1.63. The molecular formula is C13H15BrN2O4S. The lowest BCUT2D eigenvalue weighted by Gasteiger charge is -2.18. The quantitative estimate of drug-likeness (QED) is 0.790. The van der Waals surface area contributed by atoms with Crippen molar-refractivity contribution in [2.75, 3.05) is 13.6 Å². The summed E-state index contributed by atoms with van der Waals surface area (Å²) >= 11 is 4.56. The lowest BCUT2D eigenvalue weighted by atomic mass is 10.2. The van der Waals surface area contributed by atoms with Gasteiger partial charge in [0.05, 0.1) is 15.2 Å². The van der Waals surface area contributed by atoms with Crippen molar-refractivity contribution >= 4 is 45.1 Å². The van der Waals surface area contributed by atoms with Crippen LogP contribution in [0.1, 0.15) is 22.5 Å². The highest BCUT2D eigenvalue weighted by Gasteiger charge is 2.37. The van der Waals surface area contributed by atoms with Crippen molar-refractivity contribution in [1.29, 1.82) is 0 Å². The predicted octanol–water partition coefficient (Wildman–Crippen LogP) is 1.56. The van der Waals surface area contributed by atoms with Crippen molar-refractivity contribution in [2.45, 2.75) is 18.9 Å². The molecule has 21 heavy (non-hydrogen) atoms. The van der Waals surface area contributed by atoms with Crippen LogP contribution in [0.4, 0.5) is 0 Å². The molecule has 1 aromatic rings. The number of likely N-dealkylation sites (N-methyl/N-ethyl adjacent to an activating group) is 1. The van der Waals surface area contributed by atoms with Crippen molar-refractivity contribution in [2.24, 2.45) is 5.92 Å². The van der Waals surface area contributed by atoms with Crippen LogP contribution in [0.3, 0.4) is 0 Å². The van der Waals surface area contributed by atoms with Crippen molar-refractivity contribution in [1.82, 2.24) is 10.2 Å². The number of amides is 2. The molecular weight excluding hydrogens is 360 g/mol. The second kappa shape index (κ2) is 6.57. The zero-order valence-corrected chi connectivity index (χ0v) is 13.7. The van der Waals surface area contributed by atoms with Gasteiger partial charge in [0.2, 0.25) is 5.91 Å². The van der Waals surface area contributed by atoms with Crippen LogP contribution in [0.5, 0.6) is 0 Å². The third kappa shape index (κ3) is 4.28. The van der Waals surface area contributed by atoms with Crippen LogP contribution in [-0.4, -0.2) is 47.4 Å². The summed E-state index contributed by atoms with van der Waals surface area (Å²) in [4.78, 5) is 36.8. The number of nitrogens with zero attached hydrogens (tertiary/aromatic N) is 1. The second-order valence-corrected chi connectivity index (χ2v) is 7.45. The Morgan fingerprint density at radius 2 is 2.14 bits per heavy atom. The smallest absolute Gasteiger partial charge is 0.326 e. The number of carbonyl (C=O) groups excluding carboxylic acids is 2. The molecule has 1 atom stereocenters. The third-order valence-corrected chi connectivity index (χ3v) is 4.80. The lowest BCUT2D eigenvalue weighted by molar-refractivity contribution is -0.142. The Hall–Kier alpha value is -1.41. The van der Waals surface area contributed by atoms with E-state index in [1.54, 1.807) is 12.1 Å². The van der Waals surface area contributed by atoms with Crippen LogP contribution in [-0.2, 0) is 9.59 Å². The van der Waals surface area contributed by atoms with Crippen LogP contribution in [0.15, 0.2) is 15.9 Å². The summed E-state index contributed by atoms with van der Waals surface area (Å²) in [7, 11) is 1.52. The van der Waals surface area contributed by atoms with E-state index < -0.39 is 17.9 Å². The molecule has 1 unspecified atom stereocenters. The summed E-state index contributed by atoms with van der Waals surface area (Å²) in [6, 6.07) is 2.59. The Morgan fingerprint density at radius 1 is 1.48 bits per heavy atom. The van der Waals surface area contributed by atoms with E-state index in [9.17, 15) is 14.4 Å². The van der Waals surface area contributed by atoms with E-state index in [4.69, 9.17) is 5.11 Å². The van der Waals surface area contributed by atoms with Gasteiger partial charge in [-0.05, 0) is 46.8 Å². The molecule has 1 fully saturated rings. The van der Waals surface area contributed by atoms with Crippen LogP contribution in [0, 0.1) is 5.92 Å². The van der Waals surface area contributed by atoms with Gasteiger partial charge >= 0.3 is 5.97 Å². The first-order valence-electron chi connectivity index (χ1n) is 6.41. The number of carboxylic acids is 1. The monoisotopic (exact) mass is 374 g/mol. The Bertz CT molecular complexity index is 570. The second-order valence-electron chi connectivity index (χ2n) is 4.99. The zero-order valence-electron chi connectivity index (χ0n) is 11.3. The summed E-state index contributed by atoms with van der Waals surface area (Å²) in [5, 5.41) is 11.5. The molecule has 1 aliphatic carbocycles. The van der Waals surface area contributed by atoms with Crippen LogP contribution in [0.25, 0.3) is 0 Å². The Labute approximate surface area is 134 Å². The SMILES string of the molecule is CN(CC(=O)NC(C(=O)O)C1CC1)C(=O)c1ccc(Br)s1.